The third-order valence-electron chi connectivity index (χ3n) is 4.74. The number of amides is 2. The highest BCUT2D eigenvalue weighted by molar-refractivity contribution is 5.99. The molecule has 1 aromatic carbocycles. The molecule has 8 nitrogen and oxygen atoms in total. The van der Waals surface area contributed by atoms with E-state index in [2.05, 4.69) is 15.1 Å². The summed E-state index contributed by atoms with van der Waals surface area (Å²) in [5.41, 5.74) is 3.03. The third-order valence-corrected chi connectivity index (χ3v) is 4.74. The number of carbonyl (C=O) groups excluding carboxylic acids is 2. The van der Waals surface area contributed by atoms with E-state index in [-0.39, 0.29) is 17.5 Å². The van der Waals surface area contributed by atoms with E-state index in [1.165, 1.54) is 16.2 Å². The van der Waals surface area contributed by atoms with Crippen LogP contribution in [0.4, 0.5) is 0 Å². The van der Waals surface area contributed by atoms with E-state index in [4.69, 9.17) is 0 Å². The molecule has 0 N–H and O–H groups in total. The van der Waals surface area contributed by atoms with Gasteiger partial charge in [0.15, 0.2) is 0 Å². The molecule has 0 unspecified atom stereocenters. The minimum Gasteiger partial charge on any atom is -0.267 e. The molecule has 1 aliphatic rings. The summed E-state index contributed by atoms with van der Waals surface area (Å²) < 4.78 is 1.72. The summed E-state index contributed by atoms with van der Waals surface area (Å²) in [6, 6.07) is 9.62. The van der Waals surface area contributed by atoms with Crippen LogP contribution < -0.4 is 0 Å². The Morgan fingerprint density at radius 3 is 2.29 bits per heavy atom. The number of aromatic nitrogens is 4. The van der Waals surface area contributed by atoms with Crippen molar-refractivity contribution in [2.45, 2.75) is 20.3 Å². The van der Waals surface area contributed by atoms with Crippen molar-refractivity contribution in [1.29, 1.82) is 0 Å². The lowest BCUT2D eigenvalue weighted by molar-refractivity contribution is 0.0181. The van der Waals surface area contributed by atoms with Crippen molar-refractivity contribution < 1.29 is 9.59 Å². The highest BCUT2D eigenvalue weighted by Crippen LogP contribution is 2.21. The van der Waals surface area contributed by atoms with Crippen LogP contribution in [0.3, 0.4) is 0 Å². The zero-order valence-electron chi connectivity index (χ0n) is 15.7. The second kappa shape index (κ2) is 7.22. The highest BCUT2D eigenvalue weighted by atomic mass is 16.2. The quantitative estimate of drug-likeness (QED) is 0.700. The largest absolute Gasteiger partial charge is 0.292 e. The smallest absolute Gasteiger partial charge is 0.267 e. The van der Waals surface area contributed by atoms with Crippen molar-refractivity contribution in [2.75, 3.05) is 13.1 Å². The molecule has 0 aliphatic carbocycles. The number of hydrogen-bond acceptors (Lipinski definition) is 5. The van der Waals surface area contributed by atoms with Gasteiger partial charge < -0.3 is 0 Å². The maximum atomic E-state index is 13.2. The van der Waals surface area contributed by atoms with Gasteiger partial charge in [-0.3, -0.25) is 14.6 Å². The average molecular weight is 376 g/mol. The first kappa shape index (κ1) is 17.8. The topological polar surface area (TPSA) is 84.2 Å². The lowest BCUT2D eigenvalue weighted by atomic mass is 10.2. The molecular weight excluding hydrogens is 356 g/mol. The molecule has 2 amide bonds. The van der Waals surface area contributed by atoms with E-state index in [1.54, 1.807) is 24.0 Å². The Bertz CT molecular complexity index is 1010. The van der Waals surface area contributed by atoms with E-state index in [0.29, 0.717) is 25.1 Å². The second-order valence-corrected chi connectivity index (χ2v) is 6.64. The summed E-state index contributed by atoms with van der Waals surface area (Å²) in [5.74, 6) is -0.572. The maximum Gasteiger partial charge on any atom is 0.292 e. The Balaban J connectivity index is 1.60. The van der Waals surface area contributed by atoms with Crippen molar-refractivity contribution in [3.63, 3.8) is 0 Å². The van der Waals surface area contributed by atoms with E-state index in [9.17, 15) is 9.59 Å². The van der Waals surface area contributed by atoms with E-state index in [0.717, 1.165) is 17.1 Å². The Morgan fingerprint density at radius 2 is 1.61 bits per heavy atom. The summed E-state index contributed by atoms with van der Waals surface area (Å²) >= 11 is 0. The van der Waals surface area contributed by atoms with Gasteiger partial charge in [-0.15, -0.1) is 0 Å². The molecule has 28 heavy (non-hydrogen) atoms. The lowest BCUT2D eigenvalue weighted by Gasteiger charge is -2.27. The maximum absolute atomic E-state index is 13.2. The molecule has 1 fully saturated rings. The molecule has 0 atom stereocenters. The van der Waals surface area contributed by atoms with Crippen LogP contribution in [0.2, 0.25) is 0 Å². The van der Waals surface area contributed by atoms with Gasteiger partial charge in [-0.2, -0.15) is 5.10 Å². The van der Waals surface area contributed by atoms with Gasteiger partial charge in [0.05, 0.1) is 35.0 Å². The van der Waals surface area contributed by atoms with Gasteiger partial charge in [-0.05, 0) is 32.4 Å². The van der Waals surface area contributed by atoms with Crippen LogP contribution in [0.15, 0.2) is 48.9 Å². The lowest BCUT2D eigenvalue weighted by Crippen LogP contribution is -2.45. The molecule has 3 aromatic rings. The van der Waals surface area contributed by atoms with E-state index < -0.39 is 0 Å². The van der Waals surface area contributed by atoms with Crippen molar-refractivity contribution in [3.8, 4) is 5.69 Å². The first-order valence-electron chi connectivity index (χ1n) is 9.08. The Hall–Kier alpha value is -3.55. The molecule has 1 saturated heterocycles. The zero-order chi connectivity index (χ0) is 19.7. The van der Waals surface area contributed by atoms with E-state index in [1.807, 2.05) is 37.3 Å². The number of hydrogen-bond donors (Lipinski definition) is 0. The second-order valence-electron chi connectivity index (χ2n) is 6.64. The predicted molar refractivity (Wildman–Crippen MR) is 102 cm³/mol. The number of aryl methyl sites for hydroxylation is 1. The van der Waals surface area contributed by atoms with E-state index >= 15 is 0 Å². The minimum atomic E-state index is -0.327. The van der Waals surface area contributed by atoms with Gasteiger partial charge in [0.25, 0.3) is 11.8 Å². The molecule has 2 aromatic heterocycles. The van der Waals surface area contributed by atoms with Gasteiger partial charge in [-0.1, -0.05) is 18.2 Å². The van der Waals surface area contributed by atoms with Crippen LogP contribution in [-0.4, -0.2) is 54.7 Å². The number of carbonyl (C=O) groups is 2. The molecule has 0 bridgehead atoms. The summed E-state index contributed by atoms with van der Waals surface area (Å²) in [7, 11) is 0. The molecule has 8 heteroatoms. The number of para-hydroxylation sites is 1. The molecule has 0 saturated carbocycles. The van der Waals surface area contributed by atoms with Crippen LogP contribution in [0.25, 0.3) is 5.69 Å². The molecule has 0 radical (unpaired) electrons. The summed E-state index contributed by atoms with van der Waals surface area (Å²) in [6.07, 6.45) is 5.25. The standard InChI is InChI=1S/C20H20N6O2/c1-14-11-22-18(13-21-14)20(28)25-10-6-9-24(25)19(27)17-12-23-26(15(17)2)16-7-4-3-5-8-16/h3-5,7-8,11-13H,6,9-10H2,1-2H3. The first-order chi connectivity index (χ1) is 13.6. The zero-order valence-corrected chi connectivity index (χ0v) is 15.7. The van der Waals surface area contributed by atoms with Gasteiger partial charge in [0.1, 0.15) is 5.69 Å². The normalized spacial score (nSPS) is 13.8. The molecule has 142 valence electrons. The van der Waals surface area contributed by atoms with Crippen molar-refractivity contribution in [2.24, 2.45) is 0 Å². The van der Waals surface area contributed by atoms with Crippen LogP contribution in [0.1, 0.15) is 38.7 Å². The molecular formula is C20H20N6O2. The Morgan fingerprint density at radius 1 is 0.893 bits per heavy atom. The summed E-state index contributed by atoms with van der Waals surface area (Å²) in [5, 5.41) is 7.28. The molecule has 3 heterocycles. The van der Waals surface area contributed by atoms with Gasteiger partial charge >= 0.3 is 0 Å². The fraction of sp³-hybridized carbons (Fsp3) is 0.250. The molecule has 4 rings (SSSR count). The van der Waals surface area contributed by atoms with Gasteiger partial charge in [0.2, 0.25) is 0 Å². The number of hydrazine groups is 1. The summed E-state index contributed by atoms with van der Waals surface area (Å²) in [4.78, 5) is 34.2. The SMILES string of the molecule is Cc1cnc(C(=O)N2CCCN2C(=O)c2cnn(-c3ccccc3)c2C)cn1. The summed E-state index contributed by atoms with van der Waals surface area (Å²) in [6.45, 7) is 4.59. The monoisotopic (exact) mass is 376 g/mol. The van der Waals surface area contributed by atoms with Crippen molar-refractivity contribution in [1.82, 2.24) is 29.8 Å². The van der Waals surface area contributed by atoms with Crippen molar-refractivity contribution in [3.05, 3.63) is 71.6 Å². The van der Waals surface area contributed by atoms with Gasteiger partial charge in [-0.25, -0.2) is 19.7 Å². The number of nitrogens with zero attached hydrogens (tertiary/aromatic N) is 6. The fourth-order valence-electron chi connectivity index (χ4n) is 3.26. The van der Waals surface area contributed by atoms with Crippen LogP contribution >= 0.6 is 0 Å². The van der Waals surface area contributed by atoms with Gasteiger partial charge in [0, 0.05) is 19.3 Å². The number of rotatable bonds is 3. The van der Waals surface area contributed by atoms with Crippen LogP contribution in [0, 0.1) is 13.8 Å². The average Bonchev–Trinajstić information content (AvgIpc) is 3.35. The Kier molecular flexibility index (Phi) is 4.60. The Labute approximate surface area is 162 Å². The fourth-order valence-corrected chi connectivity index (χ4v) is 3.26. The first-order valence-corrected chi connectivity index (χ1v) is 9.08. The predicted octanol–water partition coefficient (Wildman–Crippen LogP) is 2.18. The molecule has 0 spiro atoms. The minimum absolute atomic E-state index is 0.224. The number of benzene rings is 1. The van der Waals surface area contributed by atoms with Crippen LogP contribution in [-0.2, 0) is 0 Å². The third kappa shape index (κ3) is 3.13. The van der Waals surface area contributed by atoms with Crippen molar-refractivity contribution >= 4 is 11.8 Å². The highest BCUT2D eigenvalue weighted by Gasteiger charge is 2.34. The van der Waals surface area contributed by atoms with Crippen LogP contribution in [0.5, 0.6) is 0 Å². The molecule has 1 aliphatic heterocycles.